The van der Waals surface area contributed by atoms with Crippen LogP contribution in [0.5, 0.6) is 0 Å². The summed E-state index contributed by atoms with van der Waals surface area (Å²) in [4.78, 5) is 48.8. The topological polar surface area (TPSA) is 105 Å². The molecule has 146 valence electrons. The van der Waals surface area contributed by atoms with Crippen LogP contribution in [0.3, 0.4) is 0 Å². The van der Waals surface area contributed by atoms with Gasteiger partial charge in [-0.25, -0.2) is 0 Å². The van der Waals surface area contributed by atoms with Crippen LogP contribution in [-0.2, 0) is 19.1 Å². The van der Waals surface area contributed by atoms with Crippen molar-refractivity contribution in [3.8, 4) is 0 Å². The van der Waals surface area contributed by atoms with Crippen LogP contribution in [0.25, 0.3) is 0 Å². The number of benzene rings is 1. The normalized spacial score (nSPS) is 14.4. The number of likely N-dealkylation sites (N-methyl/N-ethyl adjacent to an activating group) is 1. The minimum Gasteiger partial charge on any atom is -0.455 e. The third kappa shape index (κ3) is 6.25. The quantitative estimate of drug-likeness (QED) is 0.686. The van der Waals surface area contributed by atoms with E-state index in [0.717, 1.165) is 0 Å². The zero-order chi connectivity index (χ0) is 19.8. The number of esters is 1. The van der Waals surface area contributed by atoms with Crippen LogP contribution in [0.2, 0.25) is 5.02 Å². The Labute approximate surface area is 162 Å². The maximum atomic E-state index is 12.4. The Kier molecular flexibility index (Phi) is 7.60. The number of ether oxygens (including phenoxy) is 1. The van der Waals surface area contributed by atoms with Gasteiger partial charge < -0.3 is 20.3 Å². The summed E-state index contributed by atoms with van der Waals surface area (Å²) < 4.78 is 5.00. The van der Waals surface area contributed by atoms with Crippen molar-refractivity contribution in [2.24, 2.45) is 5.92 Å². The largest absolute Gasteiger partial charge is 0.455 e. The van der Waals surface area contributed by atoms with E-state index >= 15 is 0 Å². The molecular formula is C18H22ClN3O5. The van der Waals surface area contributed by atoms with Crippen molar-refractivity contribution in [3.63, 3.8) is 0 Å². The second-order valence-corrected chi connectivity index (χ2v) is 6.57. The molecule has 2 rings (SSSR count). The first-order valence-electron chi connectivity index (χ1n) is 8.59. The summed E-state index contributed by atoms with van der Waals surface area (Å²) in [5.74, 6) is -1.81. The molecular weight excluding hydrogens is 374 g/mol. The molecule has 1 fully saturated rings. The summed E-state index contributed by atoms with van der Waals surface area (Å²) in [6, 6.07) is 6.66. The molecule has 0 saturated carbocycles. The predicted molar refractivity (Wildman–Crippen MR) is 98.1 cm³/mol. The Morgan fingerprint density at radius 2 is 1.74 bits per heavy atom. The summed E-state index contributed by atoms with van der Waals surface area (Å²) in [6.45, 7) is 0.270. The summed E-state index contributed by atoms with van der Waals surface area (Å²) >= 11 is 5.83. The third-order valence-electron chi connectivity index (χ3n) is 4.28. The van der Waals surface area contributed by atoms with Gasteiger partial charge in [0.2, 0.25) is 5.91 Å². The van der Waals surface area contributed by atoms with Crippen LogP contribution in [0, 0.1) is 5.92 Å². The van der Waals surface area contributed by atoms with Crippen molar-refractivity contribution in [1.29, 1.82) is 0 Å². The summed E-state index contributed by atoms with van der Waals surface area (Å²) in [5.41, 5.74) is 0.549. The monoisotopic (exact) mass is 395 g/mol. The highest BCUT2D eigenvalue weighted by molar-refractivity contribution is 6.30. The number of carbonyl (C=O) groups is 4. The fraction of sp³-hybridized carbons (Fsp3) is 0.444. The lowest BCUT2D eigenvalue weighted by atomic mass is 9.96. The Morgan fingerprint density at radius 1 is 1.11 bits per heavy atom. The van der Waals surface area contributed by atoms with Gasteiger partial charge in [0, 0.05) is 30.7 Å². The maximum absolute atomic E-state index is 12.4. The number of hydrogen-bond acceptors (Lipinski definition) is 5. The highest BCUT2D eigenvalue weighted by Crippen LogP contribution is 2.21. The molecule has 1 aliphatic rings. The highest BCUT2D eigenvalue weighted by Gasteiger charge is 2.29. The second kappa shape index (κ2) is 9.91. The van der Waals surface area contributed by atoms with Crippen LogP contribution in [0.15, 0.2) is 24.3 Å². The minimum absolute atomic E-state index is 0.105. The van der Waals surface area contributed by atoms with Crippen molar-refractivity contribution in [1.82, 2.24) is 15.5 Å². The van der Waals surface area contributed by atoms with Crippen molar-refractivity contribution < 1.29 is 23.9 Å². The number of amides is 3. The van der Waals surface area contributed by atoms with E-state index in [-0.39, 0.29) is 24.3 Å². The van der Waals surface area contributed by atoms with E-state index in [2.05, 4.69) is 10.6 Å². The predicted octanol–water partition coefficient (Wildman–Crippen LogP) is 0.598. The molecule has 1 aliphatic heterocycles. The standard InChI is InChI=1S/C18H22ClN3O5/c1-20-15(23)10-21-16(24)11-27-18(26)13-6-8-22(9-7-13)17(25)12-2-4-14(19)5-3-12/h2-5,13H,6-11H2,1H3,(H,20,23)(H,21,24). The Hall–Kier alpha value is -2.61. The molecule has 0 atom stereocenters. The van der Waals surface area contributed by atoms with Crippen LogP contribution in [-0.4, -0.2) is 61.9 Å². The van der Waals surface area contributed by atoms with E-state index in [0.29, 0.717) is 36.5 Å². The van der Waals surface area contributed by atoms with E-state index < -0.39 is 18.5 Å². The van der Waals surface area contributed by atoms with E-state index in [4.69, 9.17) is 16.3 Å². The van der Waals surface area contributed by atoms with E-state index in [1.165, 1.54) is 7.05 Å². The molecule has 27 heavy (non-hydrogen) atoms. The zero-order valence-corrected chi connectivity index (χ0v) is 15.8. The Balaban J connectivity index is 1.73. The van der Waals surface area contributed by atoms with E-state index in [9.17, 15) is 19.2 Å². The van der Waals surface area contributed by atoms with Crippen molar-refractivity contribution in [3.05, 3.63) is 34.9 Å². The second-order valence-electron chi connectivity index (χ2n) is 6.13. The highest BCUT2D eigenvalue weighted by atomic mass is 35.5. The number of likely N-dealkylation sites (tertiary alicyclic amines) is 1. The molecule has 1 heterocycles. The van der Waals surface area contributed by atoms with E-state index in [1.807, 2.05) is 0 Å². The number of carbonyl (C=O) groups excluding carboxylic acids is 4. The van der Waals surface area contributed by atoms with Crippen molar-refractivity contribution >= 4 is 35.3 Å². The molecule has 0 aromatic heterocycles. The minimum atomic E-state index is -0.540. The molecule has 0 bridgehead atoms. The van der Waals surface area contributed by atoms with Crippen molar-refractivity contribution in [2.45, 2.75) is 12.8 Å². The van der Waals surface area contributed by atoms with Gasteiger partial charge in [0.05, 0.1) is 12.5 Å². The molecule has 3 amide bonds. The first-order chi connectivity index (χ1) is 12.9. The number of halogens is 1. The van der Waals surface area contributed by atoms with Gasteiger partial charge in [0.15, 0.2) is 6.61 Å². The van der Waals surface area contributed by atoms with Gasteiger partial charge in [-0.05, 0) is 37.1 Å². The number of hydrogen-bond donors (Lipinski definition) is 2. The van der Waals surface area contributed by atoms with Crippen molar-refractivity contribution in [2.75, 3.05) is 33.3 Å². The fourth-order valence-corrected chi connectivity index (χ4v) is 2.79. The van der Waals surface area contributed by atoms with Gasteiger partial charge in [-0.3, -0.25) is 19.2 Å². The smallest absolute Gasteiger partial charge is 0.309 e. The first kappa shape index (κ1) is 20.7. The summed E-state index contributed by atoms with van der Waals surface area (Å²) in [6.07, 6.45) is 0.941. The summed E-state index contributed by atoms with van der Waals surface area (Å²) in [7, 11) is 1.46. The molecule has 8 nitrogen and oxygen atoms in total. The number of nitrogens with zero attached hydrogens (tertiary/aromatic N) is 1. The van der Waals surface area contributed by atoms with Crippen LogP contribution >= 0.6 is 11.6 Å². The molecule has 2 N–H and O–H groups in total. The Morgan fingerprint density at radius 3 is 2.33 bits per heavy atom. The molecule has 0 radical (unpaired) electrons. The molecule has 1 aromatic carbocycles. The number of nitrogens with one attached hydrogen (secondary N) is 2. The SMILES string of the molecule is CNC(=O)CNC(=O)COC(=O)C1CCN(C(=O)c2ccc(Cl)cc2)CC1. The lowest BCUT2D eigenvalue weighted by Gasteiger charge is -2.31. The third-order valence-corrected chi connectivity index (χ3v) is 4.53. The van der Waals surface area contributed by atoms with Gasteiger partial charge in [-0.2, -0.15) is 0 Å². The fourth-order valence-electron chi connectivity index (χ4n) is 2.67. The van der Waals surface area contributed by atoms with Gasteiger partial charge in [0.25, 0.3) is 11.8 Å². The average Bonchev–Trinajstić information content (AvgIpc) is 2.70. The van der Waals surface area contributed by atoms with Gasteiger partial charge in [0.1, 0.15) is 0 Å². The van der Waals surface area contributed by atoms with Crippen LogP contribution in [0.4, 0.5) is 0 Å². The first-order valence-corrected chi connectivity index (χ1v) is 8.97. The van der Waals surface area contributed by atoms with Gasteiger partial charge in [-0.15, -0.1) is 0 Å². The average molecular weight is 396 g/mol. The molecule has 0 aliphatic carbocycles. The lowest BCUT2D eigenvalue weighted by molar-refractivity contribution is -0.153. The van der Waals surface area contributed by atoms with Gasteiger partial charge in [-0.1, -0.05) is 11.6 Å². The van der Waals surface area contributed by atoms with E-state index in [1.54, 1.807) is 29.2 Å². The maximum Gasteiger partial charge on any atom is 0.309 e. The number of piperidine rings is 1. The van der Waals surface area contributed by atoms with Gasteiger partial charge >= 0.3 is 5.97 Å². The summed E-state index contributed by atoms with van der Waals surface area (Å²) in [5, 5.41) is 5.27. The molecule has 9 heteroatoms. The molecule has 1 aromatic rings. The number of rotatable bonds is 6. The van der Waals surface area contributed by atoms with Crippen LogP contribution < -0.4 is 10.6 Å². The molecule has 0 spiro atoms. The molecule has 1 saturated heterocycles. The Bertz CT molecular complexity index is 699. The van der Waals surface area contributed by atoms with Crippen LogP contribution in [0.1, 0.15) is 23.2 Å². The molecule has 0 unspecified atom stereocenters. The zero-order valence-electron chi connectivity index (χ0n) is 15.0. The lowest BCUT2D eigenvalue weighted by Crippen LogP contribution is -2.41.